The molecule has 0 radical (unpaired) electrons. The zero-order valence-corrected chi connectivity index (χ0v) is 21.7. The van der Waals surface area contributed by atoms with E-state index in [-0.39, 0.29) is 5.11 Å². The van der Waals surface area contributed by atoms with E-state index in [1.54, 1.807) is 24.3 Å². The summed E-state index contributed by atoms with van der Waals surface area (Å²) in [5, 5.41) is 6.70. The number of amides is 1. The number of anilines is 1. The van der Waals surface area contributed by atoms with Crippen LogP contribution in [-0.2, 0) is 4.79 Å². The molecular formula is C28H19Cl2N3O3S. The lowest BCUT2D eigenvalue weighted by Crippen LogP contribution is -2.33. The average molecular weight is 548 g/mol. The van der Waals surface area contributed by atoms with Gasteiger partial charge in [-0.05, 0) is 67.2 Å². The Kier molecular flexibility index (Phi) is 7.10. The SMILES string of the molecule is Cc1c(NC(=S)NC(=O)/C=C/c2ccc(-c3ccccc3)o2)cccc1-c1nc2cc(Cl)cc(Cl)c2o1. The quantitative estimate of drug-likeness (QED) is 0.172. The van der Waals surface area contributed by atoms with E-state index < -0.39 is 5.91 Å². The van der Waals surface area contributed by atoms with E-state index >= 15 is 0 Å². The second-order valence-electron chi connectivity index (χ2n) is 8.08. The van der Waals surface area contributed by atoms with Crippen molar-refractivity contribution in [1.82, 2.24) is 10.3 Å². The van der Waals surface area contributed by atoms with Gasteiger partial charge in [-0.2, -0.15) is 0 Å². The molecule has 9 heteroatoms. The monoisotopic (exact) mass is 547 g/mol. The molecular weight excluding hydrogens is 529 g/mol. The number of carbonyl (C=O) groups is 1. The Balaban J connectivity index is 1.26. The lowest BCUT2D eigenvalue weighted by atomic mass is 10.1. The summed E-state index contributed by atoms with van der Waals surface area (Å²) in [6.45, 7) is 1.90. The molecule has 0 saturated carbocycles. The number of carbonyl (C=O) groups excluding carboxylic acids is 1. The van der Waals surface area contributed by atoms with E-state index in [9.17, 15) is 4.79 Å². The van der Waals surface area contributed by atoms with Crippen molar-refractivity contribution < 1.29 is 13.6 Å². The fourth-order valence-electron chi connectivity index (χ4n) is 3.74. The number of oxazole rings is 1. The minimum Gasteiger partial charge on any atom is -0.457 e. The van der Waals surface area contributed by atoms with E-state index in [4.69, 9.17) is 44.3 Å². The first-order chi connectivity index (χ1) is 17.9. The first-order valence-electron chi connectivity index (χ1n) is 11.2. The number of nitrogens with zero attached hydrogens (tertiary/aromatic N) is 1. The summed E-state index contributed by atoms with van der Waals surface area (Å²) >= 11 is 17.7. The molecule has 3 aromatic carbocycles. The summed E-state index contributed by atoms with van der Waals surface area (Å²) < 4.78 is 11.7. The van der Waals surface area contributed by atoms with Gasteiger partial charge in [0.2, 0.25) is 11.8 Å². The molecule has 0 aliphatic heterocycles. The first kappa shape index (κ1) is 24.8. The van der Waals surface area contributed by atoms with Crippen molar-refractivity contribution in [2.45, 2.75) is 6.92 Å². The molecule has 0 unspecified atom stereocenters. The molecule has 0 atom stereocenters. The minimum absolute atomic E-state index is 0.145. The molecule has 0 spiro atoms. The number of thiocarbonyl (C=S) groups is 1. The number of halogens is 2. The summed E-state index contributed by atoms with van der Waals surface area (Å²) in [6.07, 6.45) is 2.94. The molecule has 2 heterocycles. The molecule has 5 rings (SSSR count). The van der Waals surface area contributed by atoms with Crippen molar-refractivity contribution in [3.8, 4) is 22.8 Å². The van der Waals surface area contributed by atoms with Gasteiger partial charge >= 0.3 is 0 Å². The third kappa shape index (κ3) is 5.59. The van der Waals surface area contributed by atoms with Gasteiger partial charge in [0, 0.05) is 27.9 Å². The summed E-state index contributed by atoms with van der Waals surface area (Å²) in [5.41, 5.74) is 4.24. The molecule has 0 aliphatic carbocycles. The fourth-order valence-corrected chi connectivity index (χ4v) is 4.47. The van der Waals surface area contributed by atoms with E-state index in [0.717, 1.165) is 22.5 Å². The Morgan fingerprint density at radius 1 is 1.00 bits per heavy atom. The molecule has 2 aromatic heterocycles. The first-order valence-corrected chi connectivity index (χ1v) is 12.3. The van der Waals surface area contributed by atoms with Gasteiger partial charge in [-0.1, -0.05) is 59.6 Å². The second-order valence-corrected chi connectivity index (χ2v) is 9.33. The van der Waals surface area contributed by atoms with Gasteiger partial charge in [-0.25, -0.2) is 4.98 Å². The highest BCUT2D eigenvalue weighted by atomic mass is 35.5. The molecule has 37 heavy (non-hydrogen) atoms. The zero-order valence-electron chi connectivity index (χ0n) is 19.4. The van der Waals surface area contributed by atoms with Crippen LogP contribution in [0.2, 0.25) is 10.0 Å². The Hall–Kier alpha value is -3.91. The van der Waals surface area contributed by atoms with Gasteiger partial charge in [0.05, 0.1) is 5.02 Å². The fraction of sp³-hybridized carbons (Fsp3) is 0.0357. The number of hydrogen-bond acceptors (Lipinski definition) is 5. The summed E-state index contributed by atoms with van der Waals surface area (Å²) in [4.78, 5) is 16.9. The van der Waals surface area contributed by atoms with Gasteiger partial charge in [-0.15, -0.1) is 0 Å². The van der Waals surface area contributed by atoms with Crippen LogP contribution in [0.25, 0.3) is 40.0 Å². The second kappa shape index (κ2) is 10.6. The zero-order chi connectivity index (χ0) is 25.9. The average Bonchev–Trinajstić information content (AvgIpc) is 3.52. The number of hydrogen-bond donors (Lipinski definition) is 2. The van der Waals surface area contributed by atoms with Gasteiger partial charge in [0.1, 0.15) is 17.0 Å². The van der Waals surface area contributed by atoms with Crippen molar-refractivity contribution in [1.29, 1.82) is 0 Å². The molecule has 184 valence electrons. The molecule has 5 aromatic rings. The van der Waals surface area contributed by atoms with Crippen LogP contribution in [0.3, 0.4) is 0 Å². The van der Waals surface area contributed by atoms with E-state index in [0.29, 0.717) is 38.5 Å². The van der Waals surface area contributed by atoms with Gasteiger partial charge in [0.15, 0.2) is 10.7 Å². The molecule has 6 nitrogen and oxygen atoms in total. The predicted molar refractivity (Wildman–Crippen MR) is 152 cm³/mol. The number of nitrogens with one attached hydrogen (secondary N) is 2. The van der Waals surface area contributed by atoms with Gasteiger partial charge in [0.25, 0.3) is 0 Å². The molecule has 2 N–H and O–H groups in total. The predicted octanol–water partition coefficient (Wildman–Crippen LogP) is 7.90. The third-order valence-corrected chi connectivity index (χ3v) is 6.25. The number of benzene rings is 3. The maximum atomic E-state index is 12.4. The van der Waals surface area contributed by atoms with Gasteiger partial charge in [-0.3, -0.25) is 10.1 Å². The topological polar surface area (TPSA) is 80.3 Å². The van der Waals surface area contributed by atoms with Crippen LogP contribution >= 0.6 is 35.4 Å². The third-order valence-electron chi connectivity index (χ3n) is 5.54. The molecule has 0 bridgehead atoms. The highest BCUT2D eigenvalue weighted by Gasteiger charge is 2.16. The lowest BCUT2D eigenvalue weighted by molar-refractivity contribution is -0.115. The van der Waals surface area contributed by atoms with E-state index in [1.807, 2.05) is 61.5 Å². The smallest absolute Gasteiger partial charge is 0.250 e. The highest BCUT2D eigenvalue weighted by molar-refractivity contribution is 7.80. The minimum atomic E-state index is -0.394. The van der Waals surface area contributed by atoms with Gasteiger partial charge < -0.3 is 14.2 Å². The summed E-state index contributed by atoms with van der Waals surface area (Å²) in [5.74, 6) is 1.27. The van der Waals surface area contributed by atoms with Crippen LogP contribution in [0.4, 0.5) is 5.69 Å². The van der Waals surface area contributed by atoms with Crippen LogP contribution in [0.5, 0.6) is 0 Å². The van der Waals surface area contributed by atoms with Crippen molar-refractivity contribution in [3.63, 3.8) is 0 Å². The van der Waals surface area contributed by atoms with Crippen LogP contribution in [0.1, 0.15) is 11.3 Å². The Morgan fingerprint density at radius 2 is 1.81 bits per heavy atom. The molecule has 1 amide bonds. The largest absolute Gasteiger partial charge is 0.457 e. The maximum Gasteiger partial charge on any atom is 0.250 e. The van der Waals surface area contributed by atoms with Crippen molar-refractivity contribution in [2.75, 3.05) is 5.32 Å². The van der Waals surface area contributed by atoms with Crippen LogP contribution in [0.15, 0.2) is 87.7 Å². The number of fused-ring (bicyclic) bond motifs is 1. The van der Waals surface area contributed by atoms with Crippen molar-refractivity contribution in [3.05, 3.63) is 100 Å². The molecule has 0 fully saturated rings. The summed E-state index contributed by atoms with van der Waals surface area (Å²) in [6, 6.07) is 22.2. The maximum absolute atomic E-state index is 12.4. The Morgan fingerprint density at radius 3 is 2.62 bits per heavy atom. The van der Waals surface area contributed by atoms with Crippen LogP contribution in [0, 0.1) is 6.92 Å². The van der Waals surface area contributed by atoms with Crippen LogP contribution in [-0.4, -0.2) is 16.0 Å². The Labute approximate surface area is 227 Å². The van der Waals surface area contributed by atoms with Crippen molar-refractivity contribution >= 4 is 69.3 Å². The van der Waals surface area contributed by atoms with Crippen LogP contribution < -0.4 is 10.6 Å². The lowest BCUT2D eigenvalue weighted by Gasteiger charge is -2.12. The number of furan rings is 1. The van der Waals surface area contributed by atoms with Crippen molar-refractivity contribution in [2.24, 2.45) is 0 Å². The number of aromatic nitrogens is 1. The Bertz CT molecular complexity index is 1660. The standard InChI is InChI=1S/C28H19Cl2N3O3S/c1-16-20(27-31-23-15-18(29)14-21(30)26(23)36-27)8-5-9-22(16)32-28(37)33-25(34)13-11-19-10-12-24(35-19)17-6-3-2-4-7-17/h2-15H,1H3,(H2,32,33,34,37)/b13-11+. The number of rotatable bonds is 5. The normalized spacial score (nSPS) is 11.2. The molecule has 0 aliphatic rings. The highest BCUT2D eigenvalue weighted by Crippen LogP contribution is 2.34. The van der Waals surface area contributed by atoms with E-state index in [2.05, 4.69) is 15.6 Å². The summed E-state index contributed by atoms with van der Waals surface area (Å²) in [7, 11) is 0. The molecule has 0 saturated heterocycles. The van der Waals surface area contributed by atoms with E-state index in [1.165, 1.54) is 6.08 Å².